The van der Waals surface area contributed by atoms with Crippen LogP contribution in [-0.2, 0) is 11.3 Å². The second-order valence-electron chi connectivity index (χ2n) is 12.9. The van der Waals surface area contributed by atoms with Gasteiger partial charge in [-0.15, -0.1) is 0 Å². The number of pyridine rings is 1. The maximum Gasteiger partial charge on any atom is 0.309 e. The molecule has 2 N–H and O–H groups in total. The highest BCUT2D eigenvalue weighted by molar-refractivity contribution is 5.94. The van der Waals surface area contributed by atoms with E-state index in [9.17, 15) is 15.0 Å². The van der Waals surface area contributed by atoms with Crippen molar-refractivity contribution in [2.24, 2.45) is 5.41 Å². The third-order valence-corrected chi connectivity index (χ3v) is 9.47. The van der Waals surface area contributed by atoms with Crippen molar-refractivity contribution in [2.75, 3.05) is 0 Å². The predicted octanol–water partition coefficient (Wildman–Crippen LogP) is 7.51. The van der Waals surface area contributed by atoms with Gasteiger partial charge in [-0.05, 0) is 76.1 Å². The van der Waals surface area contributed by atoms with Crippen LogP contribution in [0.15, 0.2) is 66.9 Å². The largest absolute Gasteiger partial charge is 0.481 e. The van der Waals surface area contributed by atoms with Gasteiger partial charge in [0.15, 0.2) is 0 Å². The predicted molar refractivity (Wildman–Crippen MR) is 172 cm³/mol. The van der Waals surface area contributed by atoms with Crippen LogP contribution in [0.2, 0.25) is 0 Å². The van der Waals surface area contributed by atoms with Crippen LogP contribution in [0.5, 0.6) is 0 Å². The minimum absolute atomic E-state index is 0.238. The SMILES string of the molecule is Cc1nc(C2CCC(C)(C(=O)O)CC2)ccc1-n1nc(-c2cccc3nn(CC(O)c4ccccc4)cc23)c(C(C)C)c1C. The van der Waals surface area contributed by atoms with Crippen LogP contribution in [0.25, 0.3) is 27.8 Å². The van der Waals surface area contributed by atoms with Crippen molar-refractivity contribution >= 4 is 16.9 Å². The van der Waals surface area contributed by atoms with Crippen molar-refractivity contribution in [3.8, 4) is 16.9 Å². The number of carboxylic acids is 1. The highest BCUT2D eigenvalue weighted by Crippen LogP contribution is 2.43. The smallest absolute Gasteiger partial charge is 0.309 e. The third-order valence-electron chi connectivity index (χ3n) is 9.47. The maximum absolute atomic E-state index is 11.7. The molecule has 0 amide bonds. The molecule has 3 heterocycles. The molecule has 1 saturated carbocycles. The van der Waals surface area contributed by atoms with Gasteiger partial charge >= 0.3 is 5.97 Å². The number of carbonyl (C=O) groups is 1. The molecule has 0 bridgehead atoms. The van der Waals surface area contributed by atoms with Crippen molar-refractivity contribution in [3.63, 3.8) is 0 Å². The van der Waals surface area contributed by atoms with Crippen LogP contribution in [-0.4, -0.2) is 40.7 Å². The first-order valence-electron chi connectivity index (χ1n) is 15.6. The Balaban J connectivity index is 1.33. The van der Waals surface area contributed by atoms with E-state index in [0.717, 1.165) is 63.3 Å². The lowest BCUT2D eigenvalue weighted by Gasteiger charge is -2.33. The summed E-state index contributed by atoms with van der Waals surface area (Å²) < 4.78 is 3.84. The highest BCUT2D eigenvalue weighted by Gasteiger charge is 2.38. The number of hydrogen-bond donors (Lipinski definition) is 2. The van der Waals surface area contributed by atoms with E-state index in [-0.39, 0.29) is 11.8 Å². The molecule has 1 fully saturated rings. The average Bonchev–Trinajstić information content (AvgIpc) is 3.58. The van der Waals surface area contributed by atoms with E-state index in [0.29, 0.717) is 19.4 Å². The quantitative estimate of drug-likeness (QED) is 0.193. The maximum atomic E-state index is 11.7. The van der Waals surface area contributed by atoms with Gasteiger partial charge in [0.05, 0.1) is 40.7 Å². The van der Waals surface area contributed by atoms with E-state index in [1.807, 2.05) is 71.9 Å². The molecule has 6 rings (SSSR count). The fraction of sp³-hybridized carbons (Fsp3) is 0.389. The summed E-state index contributed by atoms with van der Waals surface area (Å²) in [7, 11) is 0. The second kappa shape index (κ2) is 11.7. The Kier molecular flexibility index (Phi) is 7.88. The van der Waals surface area contributed by atoms with Gasteiger partial charge in [0.1, 0.15) is 0 Å². The zero-order valence-electron chi connectivity index (χ0n) is 26.2. The van der Waals surface area contributed by atoms with Gasteiger partial charge in [-0.2, -0.15) is 10.2 Å². The number of aliphatic carboxylic acids is 1. The van der Waals surface area contributed by atoms with Crippen molar-refractivity contribution in [3.05, 3.63) is 95.1 Å². The summed E-state index contributed by atoms with van der Waals surface area (Å²) >= 11 is 0. The number of nitrogens with zero attached hydrogens (tertiary/aromatic N) is 5. The van der Waals surface area contributed by atoms with Crippen LogP contribution < -0.4 is 0 Å². The van der Waals surface area contributed by atoms with E-state index in [4.69, 9.17) is 15.2 Å². The molecule has 1 unspecified atom stereocenters. The normalized spacial score (nSPS) is 19.5. The number of carboxylic acid groups (broad SMARTS) is 1. The van der Waals surface area contributed by atoms with Crippen LogP contribution >= 0.6 is 0 Å². The van der Waals surface area contributed by atoms with Gasteiger partial charge in [-0.25, -0.2) is 4.68 Å². The van der Waals surface area contributed by atoms with Crippen LogP contribution in [0.3, 0.4) is 0 Å². The Morgan fingerprint density at radius 3 is 2.39 bits per heavy atom. The molecule has 3 aromatic heterocycles. The van der Waals surface area contributed by atoms with E-state index >= 15 is 0 Å². The first-order valence-corrected chi connectivity index (χ1v) is 15.6. The molecule has 0 radical (unpaired) electrons. The summed E-state index contributed by atoms with van der Waals surface area (Å²) in [5, 5.41) is 31.5. The number of aliphatic hydroxyl groups is 1. The fourth-order valence-electron chi connectivity index (χ4n) is 6.78. The first-order chi connectivity index (χ1) is 21.1. The number of fused-ring (bicyclic) bond motifs is 1. The van der Waals surface area contributed by atoms with E-state index < -0.39 is 17.5 Å². The zero-order valence-corrected chi connectivity index (χ0v) is 26.2. The van der Waals surface area contributed by atoms with Crippen molar-refractivity contribution < 1.29 is 15.0 Å². The molecule has 1 atom stereocenters. The molecule has 44 heavy (non-hydrogen) atoms. The van der Waals surface area contributed by atoms with Crippen LogP contribution in [0, 0.1) is 19.3 Å². The number of aryl methyl sites for hydroxylation is 1. The molecule has 1 aliphatic carbocycles. The molecule has 1 aliphatic rings. The molecular formula is C36H41N5O3. The Morgan fingerprint density at radius 1 is 1.00 bits per heavy atom. The van der Waals surface area contributed by atoms with Crippen LogP contribution in [0.1, 0.15) is 92.6 Å². The third kappa shape index (κ3) is 5.43. The summed E-state index contributed by atoms with van der Waals surface area (Å²) in [6.45, 7) is 10.8. The minimum Gasteiger partial charge on any atom is -0.481 e. The summed E-state index contributed by atoms with van der Waals surface area (Å²) in [6.07, 6.45) is 4.35. The monoisotopic (exact) mass is 591 g/mol. The van der Waals surface area contributed by atoms with Gasteiger partial charge in [-0.3, -0.25) is 14.5 Å². The topological polar surface area (TPSA) is 106 Å². The number of benzene rings is 2. The van der Waals surface area contributed by atoms with Crippen molar-refractivity contribution in [1.82, 2.24) is 24.5 Å². The minimum atomic E-state index is -0.700. The van der Waals surface area contributed by atoms with Gasteiger partial charge in [0, 0.05) is 40.0 Å². The molecule has 0 saturated heterocycles. The lowest BCUT2D eigenvalue weighted by molar-refractivity contribution is -0.150. The molecule has 5 aromatic rings. The summed E-state index contributed by atoms with van der Waals surface area (Å²) in [5.74, 6) is -0.193. The summed E-state index contributed by atoms with van der Waals surface area (Å²) in [6, 6.07) is 20.0. The lowest BCUT2D eigenvalue weighted by atomic mass is 9.71. The molecule has 8 nitrogen and oxygen atoms in total. The van der Waals surface area contributed by atoms with Crippen molar-refractivity contribution in [2.45, 2.75) is 84.8 Å². The number of hydrogen-bond acceptors (Lipinski definition) is 5. The molecule has 8 heteroatoms. The molecule has 228 valence electrons. The summed E-state index contributed by atoms with van der Waals surface area (Å²) in [4.78, 5) is 16.7. The average molecular weight is 592 g/mol. The molecular weight excluding hydrogens is 550 g/mol. The standard InChI is InChI=1S/C36H41N5O3/c1-22(2)33-24(4)41(31-15-14-29(37-23(31)3)25-16-18-36(5,19-17-25)35(43)44)39-34(33)27-12-9-13-30-28(27)20-40(38-30)21-32(42)26-10-7-6-8-11-26/h6-15,20,22,25,32,42H,16-19,21H2,1-5H3,(H,43,44). The van der Waals surface area contributed by atoms with Gasteiger partial charge in [-0.1, -0.05) is 56.3 Å². The van der Waals surface area contributed by atoms with Crippen LogP contribution in [0.4, 0.5) is 0 Å². The Bertz CT molecular complexity index is 1810. The summed E-state index contributed by atoms with van der Waals surface area (Å²) in [5.41, 5.74) is 8.16. The number of aliphatic hydroxyl groups excluding tert-OH is 1. The number of aromatic nitrogens is 5. The Hall–Kier alpha value is -4.30. The van der Waals surface area contributed by atoms with Gasteiger partial charge in [0.2, 0.25) is 0 Å². The Labute approximate surface area is 258 Å². The van der Waals surface area contributed by atoms with E-state index in [2.05, 4.69) is 39.0 Å². The molecule has 0 aliphatic heterocycles. The van der Waals surface area contributed by atoms with E-state index in [1.54, 1.807) is 0 Å². The molecule has 0 spiro atoms. The van der Waals surface area contributed by atoms with Gasteiger partial charge < -0.3 is 10.2 Å². The number of rotatable bonds is 8. The molecule has 2 aromatic carbocycles. The highest BCUT2D eigenvalue weighted by atomic mass is 16.4. The van der Waals surface area contributed by atoms with E-state index in [1.165, 1.54) is 5.56 Å². The van der Waals surface area contributed by atoms with Crippen molar-refractivity contribution in [1.29, 1.82) is 0 Å². The zero-order chi connectivity index (χ0) is 31.2. The lowest BCUT2D eigenvalue weighted by Crippen LogP contribution is -2.32. The fourth-order valence-corrected chi connectivity index (χ4v) is 6.78. The van der Waals surface area contributed by atoms with Gasteiger partial charge in [0.25, 0.3) is 0 Å². The first kappa shape index (κ1) is 29.8. The second-order valence-corrected chi connectivity index (χ2v) is 12.9. The Morgan fingerprint density at radius 2 is 1.73 bits per heavy atom.